The molecule has 3 aliphatic heterocycles. The SMILES string of the molecule is O=C(CSc1nc2ccccc2s1)N[C@@H]1C(=O)N2C(C(=O)O)=C(/C=C3\CCN(C4CC4)C3=O)CS[C@H]12.c1c[nH]cn1. The number of allylic oxidation sites excluding steroid dienone is 1. The van der Waals surface area contributed by atoms with Gasteiger partial charge in [0.05, 0.1) is 22.3 Å². The normalized spacial score (nSPS) is 22.9. The minimum absolute atomic E-state index is 0.0347. The molecule has 7 rings (SSSR count). The first kappa shape index (κ1) is 27.5. The number of aromatic amines is 1. The van der Waals surface area contributed by atoms with Crippen molar-refractivity contribution in [1.82, 2.24) is 30.1 Å². The van der Waals surface area contributed by atoms with Crippen LogP contribution in [-0.4, -0.2) is 89.1 Å². The van der Waals surface area contributed by atoms with Crippen molar-refractivity contribution in [2.45, 2.75) is 41.1 Å². The van der Waals surface area contributed by atoms with Gasteiger partial charge in [-0.3, -0.25) is 19.3 Å². The number of nitrogens with zero attached hydrogens (tertiary/aromatic N) is 4. The number of aromatic nitrogens is 3. The molecule has 4 aliphatic rings. The van der Waals surface area contributed by atoms with Gasteiger partial charge in [0.1, 0.15) is 17.1 Å². The zero-order chi connectivity index (χ0) is 28.5. The Hall–Kier alpha value is -3.62. The predicted octanol–water partition coefficient (Wildman–Crippen LogP) is 2.86. The van der Waals surface area contributed by atoms with Crippen LogP contribution >= 0.6 is 34.9 Å². The first-order chi connectivity index (χ1) is 19.9. The van der Waals surface area contributed by atoms with E-state index in [1.54, 1.807) is 24.8 Å². The average molecular weight is 611 g/mol. The molecular formula is C27H26N6O5S3. The van der Waals surface area contributed by atoms with Gasteiger partial charge in [0.15, 0.2) is 4.34 Å². The summed E-state index contributed by atoms with van der Waals surface area (Å²) in [6, 6.07) is 7.28. The summed E-state index contributed by atoms with van der Waals surface area (Å²) >= 11 is 4.22. The van der Waals surface area contributed by atoms with Crippen molar-refractivity contribution in [2.75, 3.05) is 18.1 Å². The number of carbonyl (C=O) groups excluding carboxylic acids is 3. The summed E-state index contributed by atoms with van der Waals surface area (Å²) in [7, 11) is 0. The molecule has 2 aromatic heterocycles. The molecule has 1 aliphatic carbocycles. The van der Waals surface area contributed by atoms with E-state index in [9.17, 15) is 24.3 Å². The highest BCUT2D eigenvalue weighted by Gasteiger charge is 2.54. The van der Waals surface area contributed by atoms with E-state index in [1.165, 1.54) is 39.8 Å². The standard InChI is InChI=1S/C24H22N4O5S3.C3H4N2/c29-17(11-35-24-25-15-3-1-2-4-16(15)36-24)26-18-21(31)28-19(23(32)33)13(10-34-22(18)28)9-12-7-8-27(20(12)30)14-5-6-14;1-2-5-3-4-1/h1-4,9,14,18,22H,5-8,10-11H2,(H,26,29)(H,32,33);1-3H,(H,4,5)/b12-9+;/t18-,22-;/m1./s1. The number of para-hydroxylation sites is 1. The second-order valence-electron chi connectivity index (χ2n) is 9.78. The third kappa shape index (κ3) is 5.76. The summed E-state index contributed by atoms with van der Waals surface area (Å²) in [6.45, 7) is 0.659. The highest BCUT2D eigenvalue weighted by atomic mass is 32.2. The Kier molecular flexibility index (Phi) is 7.86. The smallest absolute Gasteiger partial charge is 0.352 e. The number of fused-ring (bicyclic) bond motifs is 2. The molecular weight excluding hydrogens is 585 g/mol. The van der Waals surface area contributed by atoms with Gasteiger partial charge >= 0.3 is 5.97 Å². The number of hydrogen-bond acceptors (Lipinski definition) is 9. The van der Waals surface area contributed by atoms with Gasteiger partial charge in [-0.05, 0) is 43.0 Å². The quantitative estimate of drug-likeness (QED) is 0.209. The molecule has 1 saturated carbocycles. The lowest BCUT2D eigenvalue weighted by Crippen LogP contribution is -2.70. The number of thiazole rings is 1. The number of hydrogen-bond donors (Lipinski definition) is 3. The number of benzene rings is 1. The number of carboxylic acids is 1. The maximum Gasteiger partial charge on any atom is 0.352 e. The molecule has 0 unspecified atom stereocenters. The van der Waals surface area contributed by atoms with Crippen molar-refractivity contribution >= 4 is 68.8 Å². The zero-order valence-corrected chi connectivity index (χ0v) is 24.1. The van der Waals surface area contributed by atoms with Gasteiger partial charge in [-0.1, -0.05) is 23.9 Å². The maximum atomic E-state index is 12.9. The monoisotopic (exact) mass is 610 g/mol. The minimum Gasteiger partial charge on any atom is -0.477 e. The number of thioether (sulfide) groups is 2. The highest BCUT2D eigenvalue weighted by molar-refractivity contribution is 8.01. The van der Waals surface area contributed by atoms with Crippen molar-refractivity contribution in [1.29, 1.82) is 0 Å². The predicted molar refractivity (Wildman–Crippen MR) is 156 cm³/mol. The molecule has 1 aromatic carbocycles. The molecule has 2 atom stereocenters. The van der Waals surface area contributed by atoms with Crippen LogP contribution in [0.2, 0.25) is 0 Å². The van der Waals surface area contributed by atoms with Crippen LogP contribution in [0.3, 0.4) is 0 Å². The summed E-state index contributed by atoms with van der Waals surface area (Å²) in [5.74, 6) is -1.53. The maximum absolute atomic E-state index is 12.9. The second kappa shape index (κ2) is 11.7. The van der Waals surface area contributed by atoms with Crippen LogP contribution in [0.4, 0.5) is 0 Å². The average Bonchev–Trinajstić information content (AvgIpc) is 3.32. The summed E-state index contributed by atoms with van der Waals surface area (Å²) < 4.78 is 1.82. The number of nitrogens with one attached hydrogen (secondary N) is 2. The van der Waals surface area contributed by atoms with E-state index in [0.717, 1.165) is 27.4 Å². The topological polar surface area (TPSA) is 149 Å². The van der Waals surface area contributed by atoms with Crippen molar-refractivity contribution in [3.8, 4) is 0 Å². The van der Waals surface area contributed by atoms with Crippen LogP contribution in [-0.2, 0) is 19.2 Å². The second-order valence-corrected chi connectivity index (χ2v) is 13.1. The van der Waals surface area contributed by atoms with E-state index in [4.69, 9.17) is 0 Å². The van der Waals surface area contributed by atoms with Gasteiger partial charge in [-0.2, -0.15) is 0 Å². The van der Waals surface area contributed by atoms with Gasteiger partial charge in [-0.25, -0.2) is 14.8 Å². The summed E-state index contributed by atoms with van der Waals surface area (Å²) in [5, 5.41) is 12.2. The molecule has 3 N–H and O–H groups in total. The molecule has 2 saturated heterocycles. The Morgan fingerprint density at radius 2 is 2.07 bits per heavy atom. The first-order valence-corrected chi connectivity index (χ1v) is 15.9. The molecule has 41 heavy (non-hydrogen) atoms. The Morgan fingerprint density at radius 3 is 2.76 bits per heavy atom. The van der Waals surface area contributed by atoms with Crippen LogP contribution in [0.15, 0.2) is 70.2 Å². The van der Waals surface area contributed by atoms with E-state index in [0.29, 0.717) is 35.9 Å². The van der Waals surface area contributed by atoms with Crippen LogP contribution in [0.25, 0.3) is 10.2 Å². The lowest BCUT2D eigenvalue weighted by molar-refractivity contribution is -0.150. The Balaban J connectivity index is 0.000000548. The fourth-order valence-corrected chi connectivity index (χ4v) is 8.12. The van der Waals surface area contributed by atoms with E-state index in [-0.39, 0.29) is 23.3 Å². The Labute approximate surface area is 247 Å². The number of β-lactam (4-membered cyclic amide) rings is 1. The first-order valence-electron chi connectivity index (χ1n) is 13.0. The van der Waals surface area contributed by atoms with E-state index >= 15 is 0 Å². The number of aliphatic carboxylic acids is 1. The molecule has 3 amide bonds. The summed E-state index contributed by atoms with van der Waals surface area (Å²) in [5.41, 5.74) is 1.85. The van der Waals surface area contributed by atoms with Crippen molar-refractivity contribution in [3.63, 3.8) is 0 Å². The molecule has 0 bridgehead atoms. The Morgan fingerprint density at radius 1 is 1.24 bits per heavy atom. The number of likely N-dealkylation sites (tertiary alicyclic amines) is 1. The van der Waals surface area contributed by atoms with Gasteiger partial charge < -0.3 is 20.3 Å². The third-order valence-corrected chi connectivity index (χ3v) is 10.5. The van der Waals surface area contributed by atoms with Gasteiger partial charge in [0, 0.05) is 36.3 Å². The third-order valence-electron chi connectivity index (χ3n) is 7.02. The molecule has 212 valence electrons. The molecule has 0 spiro atoms. The summed E-state index contributed by atoms with van der Waals surface area (Å²) in [6.07, 6.45) is 9.37. The molecule has 14 heteroatoms. The largest absolute Gasteiger partial charge is 0.477 e. The Bertz CT molecular complexity index is 1510. The number of carbonyl (C=O) groups is 4. The number of H-pyrrole nitrogens is 1. The van der Waals surface area contributed by atoms with E-state index in [1.807, 2.05) is 29.2 Å². The molecule has 0 radical (unpaired) electrons. The number of rotatable bonds is 7. The number of carboxylic acid groups (broad SMARTS) is 1. The number of imidazole rings is 1. The minimum atomic E-state index is -1.21. The lowest BCUT2D eigenvalue weighted by atomic mass is 10.0. The van der Waals surface area contributed by atoms with Crippen molar-refractivity contribution < 1.29 is 24.3 Å². The van der Waals surface area contributed by atoms with Crippen molar-refractivity contribution in [2.24, 2.45) is 0 Å². The molecule has 5 heterocycles. The van der Waals surface area contributed by atoms with Gasteiger partial charge in [0.2, 0.25) is 11.8 Å². The van der Waals surface area contributed by atoms with Crippen molar-refractivity contribution in [3.05, 3.63) is 65.9 Å². The van der Waals surface area contributed by atoms with Gasteiger partial charge in [-0.15, -0.1) is 23.1 Å². The number of amides is 3. The fraction of sp³-hybridized carbons (Fsp3) is 0.333. The van der Waals surface area contributed by atoms with E-state index < -0.39 is 23.3 Å². The van der Waals surface area contributed by atoms with Crippen LogP contribution in [0.5, 0.6) is 0 Å². The van der Waals surface area contributed by atoms with Crippen LogP contribution < -0.4 is 5.32 Å². The highest BCUT2D eigenvalue weighted by Crippen LogP contribution is 2.42. The molecule has 3 aromatic rings. The van der Waals surface area contributed by atoms with Gasteiger partial charge in [0.25, 0.3) is 5.91 Å². The van der Waals surface area contributed by atoms with E-state index in [2.05, 4.69) is 20.3 Å². The van der Waals surface area contributed by atoms with Crippen LogP contribution in [0.1, 0.15) is 19.3 Å². The molecule has 11 nitrogen and oxygen atoms in total. The summed E-state index contributed by atoms with van der Waals surface area (Å²) in [4.78, 5) is 64.3. The molecule has 3 fully saturated rings. The lowest BCUT2D eigenvalue weighted by Gasteiger charge is -2.49. The zero-order valence-electron chi connectivity index (χ0n) is 21.7. The van der Waals surface area contributed by atoms with Crippen LogP contribution in [0, 0.1) is 0 Å². The fourth-order valence-electron chi connectivity index (χ4n) is 4.94.